The largest absolute Gasteiger partial charge is 0.153 e. The summed E-state index contributed by atoms with van der Waals surface area (Å²) < 4.78 is 0. The van der Waals surface area contributed by atoms with Gasteiger partial charge in [-0.2, -0.15) is 9.90 Å². The molecule has 0 aliphatic carbocycles. The zero-order chi connectivity index (χ0) is 6.62. The quantitative estimate of drug-likeness (QED) is 0.257. The van der Waals surface area contributed by atoms with Crippen LogP contribution in [-0.2, 0) is 0 Å². The third-order valence-corrected chi connectivity index (χ3v) is 1.74. The molecule has 0 rings (SSSR count). The van der Waals surface area contributed by atoms with Crippen LogP contribution in [0.4, 0.5) is 0 Å². The predicted molar refractivity (Wildman–Crippen MR) is 56.0 cm³/mol. The standard InChI is InChI=1S/C6H11BrSi.H3P/c1-8(2,3)6-4-5-7;/h5H2,1-3H3;1H3. The lowest BCUT2D eigenvalue weighted by Gasteiger charge is -2.02. The Morgan fingerprint density at radius 2 is 1.78 bits per heavy atom. The van der Waals surface area contributed by atoms with Gasteiger partial charge in [-0.1, -0.05) is 41.5 Å². The Kier molecular flexibility index (Phi) is 7.52. The molecule has 0 N–H and O–H groups in total. The monoisotopic (exact) mass is 224 g/mol. The van der Waals surface area contributed by atoms with E-state index in [1.807, 2.05) is 0 Å². The highest BCUT2D eigenvalue weighted by atomic mass is 79.9. The van der Waals surface area contributed by atoms with Crippen molar-refractivity contribution in [1.29, 1.82) is 0 Å². The van der Waals surface area contributed by atoms with Crippen molar-refractivity contribution in [2.45, 2.75) is 19.6 Å². The maximum absolute atomic E-state index is 3.25. The molecule has 0 aromatic carbocycles. The van der Waals surface area contributed by atoms with Crippen molar-refractivity contribution >= 4 is 33.9 Å². The maximum atomic E-state index is 3.25. The van der Waals surface area contributed by atoms with Crippen LogP contribution in [0.5, 0.6) is 0 Å². The van der Waals surface area contributed by atoms with E-state index in [0.717, 1.165) is 5.33 Å². The average molecular weight is 225 g/mol. The fourth-order valence-electron chi connectivity index (χ4n) is 0.299. The van der Waals surface area contributed by atoms with Gasteiger partial charge in [-0.15, -0.1) is 5.54 Å². The van der Waals surface area contributed by atoms with Crippen LogP contribution in [-0.4, -0.2) is 13.4 Å². The summed E-state index contributed by atoms with van der Waals surface area (Å²) in [6, 6.07) is 0. The smallest absolute Gasteiger partial charge is 0.129 e. The van der Waals surface area contributed by atoms with E-state index in [9.17, 15) is 0 Å². The van der Waals surface area contributed by atoms with Gasteiger partial charge in [0.05, 0.1) is 5.33 Å². The highest BCUT2D eigenvalue weighted by Crippen LogP contribution is 1.95. The van der Waals surface area contributed by atoms with Gasteiger partial charge in [0.1, 0.15) is 8.07 Å². The molecule has 0 fully saturated rings. The molecule has 3 heteroatoms. The van der Waals surface area contributed by atoms with Gasteiger partial charge in [0.25, 0.3) is 0 Å². The van der Waals surface area contributed by atoms with Gasteiger partial charge in [0.15, 0.2) is 0 Å². The van der Waals surface area contributed by atoms with Crippen LogP contribution in [0.15, 0.2) is 0 Å². The average Bonchev–Trinajstić information content (AvgIpc) is 1.59. The van der Waals surface area contributed by atoms with Crippen molar-refractivity contribution in [2.24, 2.45) is 0 Å². The molecule has 0 radical (unpaired) electrons. The summed E-state index contributed by atoms with van der Waals surface area (Å²) in [5.41, 5.74) is 3.21. The molecule has 9 heavy (non-hydrogen) atoms. The maximum Gasteiger partial charge on any atom is 0.129 e. The van der Waals surface area contributed by atoms with E-state index >= 15 is 0 Å². The van der Waals surface area contributed by atoms with Crippen LogP contribution < -0.4 is 0 Å². The third kappa shape index (κ3) is 12.0. The van der Waals surface area contributed by atoms with Gasteiger partial charge < -0.3 is 0 Å². The zero-order valence-corrected chi connectivity index (χ0v) is 10.3. The summed E-state index contributed by atoms with van der Waals surface area (Å²) in [4.78, 5) is 0. The SMILES string of the molecule is C[Si](C)(C)C#CCBr.P. The van der Waals surface area contributed by atoms with Crippen molar-refractivity contribution < 1.29 is 0 Å². The first kappa shape index (κ1) is 12.4. The topological polar surface area (TPSA) is 0 Å². The summed E-state index contributed by atoms with van der Waals surface area (Å²) in [7, 11) is -1.07. The first-order valence-corrected chi connectivity index (χ1v) is 7.24. The number of alkyl halides is 1. The second-order valence-corrected chi connectivity index (χ2v) is 8.00. The van der Waals surface area contributed by atoms with E-state index < -0.39 is 8.07 Å². The molecule has 0 saturated heterocycles. The van der Waals surface area contributed by atoms with Gasteiger partial charge in [0, 0.05) is 0 Å². The molecular weight excluding hydrogens is 211 g/mol. The molecule has 0 bridgehead atoms. The van der Waals surface area contributed by atoms with Crippen LogP contribution in [0.25, 0.3) is 0 Å². The molecule has 0 aliphatic heterocycles. The Bertz CT molecular complexity index is 117. The number of rotatable bonds is 0. The molecule has 54 valence electrons. The molecule has 1 atom stereocenters. The molecule has 0 spiro atoms. The van der Waals surface area contributed by atoms with E-state index in [1.54, 1.807) is 0 Å². The summed E-state index contributed by atoms with van der Waals surface area (Å²) in [5.74, 6) is 3.02. The lowest BCUT2D eigenvalue weighted by molar-refractivity contribution is 1.80. The van der Waals surface area contributed by atoms with E-state index in [1.165, 1.54) is 0 Å². The number of hydrogen-bond donors (Lipinski definition) is 0. The highest BCUT2D eigenvalue weighted by Gasteiger charge is 2.06. The van der Waals surface area contributed by atoms with Gasteiger partial charge in [0.2, 0.25) is 0 Å². The van der Waals surface area contributed by atoms with Crippen LogP contribution in [0.2, 0.25) is 19.6 Å². The van der Waals surface area contributed by atoms with Crippen molar-refractivity contribution in [3.05, 3.63) is 0 Å². The van der Waals surface area contributed by atoms with Crippen LogP contribution >= 0.6 is 25.8 Å². The van der Waals surface area contributed by atoms with Crippen molar-refractivity contribution in [3.63, 3.8) is 0 Å². The summed E-state index contributed by atoms with van der Waals surface area (Å²) >= 11 is 3.25. The fourth-order valence-corrected chi connectivity index (χ4v) is 1.32. The number of hydrogen-bond acceptors (Lipinski definition) is 0. The van der Waals surface area contributed by atoms with Gasteiger partial charge in [-0.3, -0.25) is 0 Å². The minimum absolute atomic E-state index is 0. The van der Waals surface area contributed by atoms with E-state index in [2.05, 4.69) is 47.0 Å². The van der Waals surface area contributed by atoms with E-state index in [4.69, 9.17) is 0 Å². The summed E-state index contributed by atoms with van der Waals surface area (Å²) in [5, 5.41) is 0.817. The van der Waals surface area contributed by atoms with Crippen LogP contribution in [0.3, 0.4) is 0 Å². The Balaban J connectivity index is 0. The molecule has 0 nitrogen and oxygen atoms in total. The molecule has 0 saturated carbocycles. The fraction of sp³-hybridized carbons (Fsp3) is 0.667. The Morgan fingerprint density at radius 1 is 1.33 bits per heavy atom. The zero-order valence-electron chi connectivity index (χ0n) is 6.29. The van der Waals surface area contributed by atoms with E-state index in [-0.39, 0.29) is 9.90 Å². The van der Waals surface area contributed by atoms with Gasteiger partial charge in [-0.05, 0) is 0 Å². The Labute approximate surface area is 70.6 Å². The molecule has 0 amide bonds. The summed E-state index contributed by atoms with van der Waals surface area (Å²) in [6.07, 6.45) is 0. The molecule has 0 aromatic rings. The van der Waals surface area contributed by atoms with Crippen molar-refractivity contribution in [3.8, 4) is 11.5 Å². The second kappa shape index (κ2) is 5.47. The minimum Gasteiger partial charge on any atom is -0.153 e. The number of halogens is 1. The first-order chi connectivity index (χ1) is 3.56. The second-order valence-electron chi connectivity index (χ2n) is 2.69. The van der Waals surface area contributed by atoms with Crippen molar-refractivity contribution in [2.75, 3.05) is 5.33 Å². The molecule has 0 aromatic heterocycles. The normalized spacial score (nSPS) is 8.89. The van der Waals surface area contributed by atoms with Crippen LogP contribution in [0, 0.1) is 11.5 Å². The molecule has 0 aliphatic rings. The lowest BCUT2D eigenvalue weighted by Crippen LogP contribution is -2.16. The minimum atomic E-state index is -1.07. The summed E-state index contributed by atoms with van der Waals surface area (Å²) in [6.45, 7) is 6.72. The Hall–Kier alpha value is 0.687. The molecular formula is C6H14BrPSi. The van der Waals surface area contributed by atoms with Crippen LogP contribution in [0.1, 0.15) is 0 Å². The van der Waals surface area contributed by atoms with Crippen molar-refractivity contribution in [1.82, 2.24) is 0 Å². The highest BCUT2D eigenvalue weighted by molar-refractivity contribution is 9.09. The lowest BCUT2D eigenvalue weighted by atomic mass is 10.8. The Morgan fingerprint density at radius 3 is 1.89 bits per heavy atom. The molecule has 0 heterocycles. The molecule has 1 unspecified atom stereocenters. The van der Waals surface area contributed by atoms with Gasteiger partial charge in [-0.25, -0.2) is 0 Å². The predicted octanol–water partition coefficient (Wildman–Crippen LogP) is 2.32. The van der Waals surface area contributed by atoms with Gasteiger partial charge >= 0.3 is 0 Å². The third-order valence-electron chi connectivity index (χ3n) is 0.530. The van der Waals surface area contributed by atoms with E-state index in [0.29, 0.717) is 0 Å². The first-order valence-electron chi connectivity index (χ1n) is 2.62.